The first-order chi connectivity index (χ1) is 8.19. The molecule has 0 aromatic heterocycles. The number of benzene rings is 1. The molecule has 0 saturated heterocycles. The normalized spacial score (nSPS) is 14.8. The number of aldehydes is 1. The predicted octanol–water partition coefficient (Wildman–Crippen LogP) is 3.43. The van der Waals surface area contributed by atoms with Gasteiger partial charge in [0.15, 0.2) is 11.5 Å². The number of hydrogen-bond donors (Lipinski definition) is 0. The lowest BCUT2D eigenvalue weighted by Crippen LogP contribution is -2.01. The van der Waals surface area contributed by atoms with Crippen molar-refractivity contribution < 1.29 is 14.3 Å². The quantitative estimate of drug-likeness (QED) is 0.799. The highest BCUT2D eigenvalue weighted by molar-refractivity contribution is 9.10. The highest BCUT2D eigenvalue weighted by Crippen LogP contribution is 2.45. The Balaban J connectivity index is 2.51. The Morgan fingerprint density at radius 3 is 2.94 bits per heavy atom. The fourth-order valence-electron chi connectivity index (χ4n) is 2.13. The van der Waals surface area contributed by atoms with Crippen molar-refractivity contribution in [1.29, 1.82) is 0 Å². The van der Waals surface area contributed by atoms with Crippen LogP contribution in [0.5, 0.6) is 11.5 Å². The second kappa shape index (κ2) is 5.08. The van der Waals surface area contributed by atoms with Crippen LogP contribution in [0, 0.1) is 0 Å². The minimum absolute atomic E-state index is 0.202. The van der Waals surface area contributed by atoms with E-state index in [1.807, 2.05) is 6.07 Å². The molecule has 1 atom stereocenters. The summed E-state index contributed by atoms with van der Waals surface area (Å²) in [5, 5.41) is 0. The van der Waals surface area contributed by atoms with Gasteiger partial charge in [-0.05, 0) is 45.5 Å². The molecule has 2 rings (SSSR count). The zero-order chi connectivity index (χ0) is 12.4. The zero-order valence-corrected chi connectivity index (χ0v) is 11.5. The van der Waals surface area contributed by atoms with Gasteiger partial charge >= 0.3 is 0 Å². The molecule has 1 unspecified atom stereocenters. The Labute approximate surface area is 109 Å². The summed E-state index contributed by atoms with van der Waals surface area (Å²) in [4.78, 5) is 10.6. The van der Waals surface area contributed by atoms with Crippen LogP contribution in [0.1, 0.15) is 37.3 Å². The van der Waals surface area contributed by atoms with Crippen molar-refractivity contribution in [2.45, 2.75) is 32.6 Å². The molecule has 17 heavy (non-hydrogen) atoms. The van der Waals surface area contributed by atoms with Gasteiger partial charge in [-0.1, -0.05) is 13.8 Å². The van der Waals surface area contributed by atoms with E-state index in [-0.39, 0.29) is 12.7 Å². The Morgan fingerprint density at radius 1 is 1.53 bits per heavy atom. The molecule has 0 N–H and O–H groups in total. The molecular formula is C13H15BrO3. The van der Waals surface area contributed by atoms with Gasteiger partial charge in [0.1, 0.15) is 6.29 Å². The Morgan fingerprint density at radius 2 is 2.29 bits per heavy atom. The van der Waals surface area contributed by atoms with Crippen molar-refractivity contribution in [2.24, 2.45) is 0 Å². The van der Waals surface area contributed by atoms with Crippen molar-refractivity contribution in [3.8, 4) is 11.5 Å². The molecular weight excluding hydrogens is 284 g/mol. The fraction of sp³-hybridized carbons (Fsp3) is 0.462. The van der Waals surface area contributed by atoms with Crippen molar-refractivity contribution in [3.05, 3.63) is 21.7 Å². The molecule has 1 aliphatic heterocycles. The van der Waals surface area contributed by atoms with Crippen LogP contribution in [0.15, 0.2) is 10.5 Å². The Hall–Kier alpha value is -1.03. The maximum Gasteiger partial charge on any atom is 0.231 e. The standard InChI is InChI=1S/C13H15BrO3/c1-3-9-10(8(2)4-5-15)6-11-13(12(9)14)17-7-16-11/h5-6,8H,3-4,7H2,1-2H3. The van der Waals surface area contributed by atoms with Gasteiger partial charge in [0.2, 0.25) is 6.79 Å². The minimum Gasteiger partial charge on any atom is -0.454 e. The molecule has 0 fully saturated rings. The first-order valence-corrected chi connectivity index (χ1v) is 6.52. The highest BCUT2D eigenvalue weighted by atomic mass is 79.9. The predicted molar refractivity (Wildman–Crippen MR) is 68.7 cm³/mol. The molecule has 0 spiro atoms. The van der Waals surface area contributed by atoms with Crippen LogP contribution in [0.25, 0.3) is 0 Å². The number of hydrogen-bond acceptors (Lipinski definition) is 3. The van der Waals surface area contributed by atoms with Gasteiger partial charge in [-0.15, -0.1) is 0 Å². The van der Waals surface area contributed by atoms with E-state index in [1.165, 1.54) is 5.56 Å². The summed E-state index contributed by atoms with van der Waals surface area (Å²) in [5.41, 5.74) is 2.36. The number of ether oxygens (including phenoxy) is 2. The molecule has 1 aliphatic rings. The second-order valence-electron chi connectivity index (χ2n) is 4.15. The van der Waals surface area contributed by atoms with Crippen LogP contribution < -0.4 is 9.47 Å². The first kappa shape index (κ1) is 12.4. The number of carbonyl (C=O) groups is 1. The average molecular weight is 299 g/mol. The van der Waals surface area contributed by atoms with E-state index in [0.717, 1.165) is 34.2 Å². The smallest absolute Gasteiger partial charge is 0.231 e. The molecule has 0 saturated carbocycles. The van der Waals surface area contributed by atoms with Gasteiger partial charge in [0.05, 0.1) is 4.47 Å². The topological polar surface area (TPSA) is 35.5 Å². The third-order valence-electron chi connectivity index (χ3n) is 3.08. The van der Waals surface area contributed by atoms with Gasteiger partial charge in [0.25, 0.3) is 0 Å². The highest BCUT2D eigenvalue weighted by Gasteiger charge is 2.23. The van der Waals surface area contributed by atoms with Crippen molar-refractivity contribution in [2.75, 3.05) is 6.79 Å². The largest absolute Gasteiger partial charge is 0.454 e. The summed E-state index contributed by atoms with van der Waals surface area (Å²) < 4.78 is 11.8. The monoisotopic (exact) mass is 298 g/mol. The number of carbonyl (C=O) groups excluding carboxylic acids is 1. The van der Waals surface area contributed by atoms with E-state index in [9.17, 15) is 4.79 Å². The number of fused-ring (bicyclic) bond motifs is 1. The summed E-state index contributed by atoms with van der Waals surface area (Å²) in [5.74, 6) is 1.75. The van der Waals surface area contributed by atoms with Crippen LogP contribution >= 0.6 is 15.9 Å². The minimum atomic E-state index is 0.202. The molecule has 0 radical (unpaired) electrons. The lowest BCUT2D eigenvalue weighted by Gasteiger charge is -2.16. The van der Waals surface area contributed by atoms with E-state index < -0.39 is 0 Å². The number of rotatable bonds is 4. The third-order valence-corrected chi connectivity index (χ3v) is 3.91. The first-order valence-electron chi connectivity index (χ1n) is 5.73. The molecule has 0 aliphatic carbocycles. The lowest BCUT2D eigenvalue weighted by molar-refractivity contribution is -0.108. The molecule has 92 valence electrons. The van der Waals surface area contributed by atoms with E-state index in [0.29, 0.717) is 6.42 Å². The van der Waals surface area contributed by atoms with Crippen molar-refractivity contribution >= 4 is 22.2 Å². The fourth-order valence-corrected chi connectivity index (χ4v) is 2.95. The Kier molecular flexibility index (Phi) is 3.72. The summed E-state index contributed by atoms with van der Waals surface area (Å²) in [6, 6.07) is 2.00. The van der Waals surface area contributed by atoms with Gasteiger partial charge in [0, 0.05) is 6.42 Å². The average Bonchev–Trinajstić information content (AvgIpc) is 2.77. The summed E-state index contributed by atoms with van der Waals surface area (Å²) in [6.07, 6.45) is 2.39. The van der Waals surface area contributed by atoms with E-state index in [1.54, 1.807) is 0 Å². The maximum absolute atomic E-state index is 10.6. The van der Waals surface area contributed by atoms with Crippen LogP contribution in [0.3, 0.4) is 0 Å². The van der Waals surface area contributed by atoms with Crippen LogP contribution in [-0.4, -0.2) is 13.1 Å². The summed E-state index contributed by atoms with van der Waals surface area (Å²) in [7, 11) is 0. The van der Waals surface area contributed by atoms with Gasteiger partial charge in [-0.25, -0.2) is 0 Å². The summed E-state index contributed by atoms with van der Waals surface area (Å²) >= 11 is 3.57. The van der Waals surface area contributed by atoms with Crippen LogP contribution in [0.2, 0.25) is 0 Å². The second-order valence-corrected chi connectivity index (χ2v) is 4.94. The van der Waals surface area contributed by atoms with Crippen molar-refractivity contribution in [1.82, 2.24) is 0 Å². The molecule has 1 aromatic carbocycles. The van der Waals surface area contributed by atoms with Gasteiger partial charge < -0.3 is 14.3 Å². The Bertz CT molecular complexity index is 443. The molecule has 0 bridgehead atoms. The van der Waals surface area contributed by atoms with E-state index in [4.69, 9.17) is 9.47 Å². The number of halogens is 1. The van der Waals surface area contributed by atoms with Crippen molar-refractivity contribution in [3.63, 3.8) is 0 Å². The van der Waals surface area contributed by atoms with Gasteiger partial charge in [-0.3, -0.25) is 0 Å². The molecule has 3 nitrogen and oxygen atoms in total. The molecule has 1 aromatic rings. The van der Waals surface area contributed by atoms with E-state index in [2.05, 4.69) is 29.8 Å². The van der Waals surface area contributed by atoms with Gasteiger partial charge in [-0.2, -0.15) is 0 Å². The maximum atomic E-state index is 10.6. The van der Waals surface area contributed by atoms with Crippen LogP contribution in [-0.2, 0) is 11.2 Å². The summed E-state index contributed by atoms with van der Waals surface area (Å²) in [6.45, 7) is 4.42. The van der Waals surface area contributed by atoms with Crippen LogP contribution in [0.4, 0.5) is 0 Å². The third kappa shape index (κ3) is 2.18. The zero-order valence-electron chi connectivity index (χ0n) is 9.96. The molecule has 4 heteroatoms. The lowest BCUT2D eigenvalue weighted by atomic mass is 9.92. The molecule has 0 amide bonds. The SMILES string of the molecule is CCc1c(C(C)CC=O)cc2c(c1Br)OCO2. The van der Waals surface area contributed by atoms with E-state index >= 15 is 0 Å². The molecule has 1 heterocycles.